The molecular formula is C7H7FO2S. The Morgan fingerprint density at radius 3 is 2.64 bits per heavy atom. The molecular weight excluding hydrogens is 167 g/mol. The third-order valence-electron chi connectivity index (χ3n) is 1.27. The van der Waals surface area contributed by atoms with Crippen LogP contribution in [-0.4, -0.2) is 8.76 Å². The number of rotatable bonds is 1. The van der Waals surface area contributed by atoms with Gasteiger partial charge >= 0.3 is 0 Å². The number of hydrogen-bond acceptors (Lipinski definition) is 1. The molecule has 4 heteroatoms. The molecule has 0 radical (unpaired) electrons. The second kappa shape index (κ2) is 3.11. The van der Waals surface area contributed by atoms with E-state index in [4.69, 9.17) is 4.55 Å². The Hall–Kier alpha value is -0.740. The maximum atomic E-state index is 12.7. The first-order valence-electron chi connectivity index (χ1n) is 2.98. The summed E-state index contributed by atoms with van der Waals surface area (Å²) >= 11 is -2.23. The van der Waals surface area contributed by atoms with Crippen LogP contribution in [0, 0.1) is 12.7 Å². The molecule has 2 nitrogen and oxygen atoms in total. The predicted octanol–water partition coefficient (Wildman–Crippen LogP) is 1.71. The van der Waals surface area contributed by atoms with Crippen LogP contribution in [0.3, 0.4) is 0 Å². The third kappa shape index (κ3) is 1.85. The molecule has 1 rings (SSSR count). The molecule has 0 heterocycles. The minimum Gasteiger partial charge on any atom is -0.302 e. The Morgan fingerprint density at radius 1 is 1.55 bits per heavy atom. The van der Waals surface area contributed by atoms with E-state index in [0.29, 0.717) is 0 Å². The van der Waals surface area contributed by atoms with Crippen LogP contribution in [0.15, 0.2) is 23.1 Å². The van der Waals surface area contributed by atoms with E-state index in [2.05, 4.69) is 0 Å². The number of hydrogen-bond donors (Lipinski definition) is 1. The predicted molar refractivity (Wildman–Crippen MR) is 40.2 cm³/mol. The zero-order valence-electron chi connectivity index (χ0n) is 5.87. The quantitative estimate of drug-likeness (QED) is 0.658. The Labute approximate surface area is 66.3 Å². The van der Waals surface area contributed by atoms with Gasteiger partial charge in [0, 0.05) is 0 Å². The third-order valence-corrected chi connectivity index (χ3v) is 1.96. The Morgan fingerprint density at radius 2 is 2.18 bits per heavy atom. The highest BCUT2D eigenvalue weighted by Crippen LogP contribution is 2.12. The van der Waals surface area contributed by atoms with Gasteiger partial charge in [-0.25, -0.2) is 8.60 Å². The fourth-order valence-corrected chi connectivity index (χ4v) is 1.27. The van der Waals surface area contributed by atoms with Gasteiger partial charge < -0.3 is 4.55 Å². The van der Waals surface area contributed by atoms with Crippen LogP contribution in [0.1, 0.15) is 5.56 Å². The van der Waals surface area contributed by atoms with Crippen molar-refractivity contribution in [3.8, 4) is 0 Å². The maximum Gasteiger partial charge on any atom is 0.189 e. The Kier molecular flexibility index (Phi) is 2.36. The summed E-state index contributed by atoms with van der Waals surface area (Å²) in [5.41, 5.74) is 0.767. The van der Waals surface area contributed by atoms with Gasteiger partial charge in [-0.2, -0.15) is 0 Å². The molecule has 60 valence electrons. The molecule has 0 bridgehead atoms. The number of benzene rings is 1. The topological polar surface area (TPSA) is 37.3 Å². The summed E-state index contributed by atoms with van der Waals surface area (Å²) in [5, 5.41) is 0. The van der Waals surface area contributed by atoms with Gasteiger partial charge in [-0.1, -0.05) is 6.07 Å². The van der Waals surface area contributed by atoms with Crippen molar-refractivity contribution in [3.05, 3.63) is 29.6 Å². The van der Waals surface area contributed by atoms with Crippen LogP contribution < -0.4 is 0 Å². The van der Waals surface area contributed by atoms with E-state index in [-0.39, 0.29) is 4.90 Å². The van der Waals surface area contributed by atoms with E-state index in [0.717, 1.165) is 5.56 Å². The summed E-state index contributed by atoms with van der Waals surface area (Å²) < 4.78 is 31.7. The standard InChI is InChI=1S/C7H7FO2S/c1-5-2-3-6(8)7(4-5)11(9)10/h2-4H,1H3,(H,9,10). The first-order valence-corrected chi connectivity index (χ1v) is 4.09. The highest BCUT2D eigenvalue weighted by atomic mass is 32.2. The van der Waals surface area contributed by atoms with E-state index in [1.54, 1.807) is 13.0 Å². The Balaban J connectivity index is 3.23. The molecule has 11 heavy (non-hydrogen) atoms. The first-order chi connectivity index (χ1) is 5.11. The SMILES string of the molecule is Cc1ccc(F)c(S(=O)O)c1. The summed E-state index contributed by atoms with van der Waals surface area (Å²) in [6, 6.07) is 4.08. The molecule has 0 fully saturated rings. The second-order valence-electron chi connectivity index (χ2n) is 2.18. The molecule has 0 aromatic heterocycles. The van der Waals surface area contributed by atoms with Crippen molar-refractivity contribution >= 4 is 11.1 Å². The van der Waals surface area contributed by atoms with Crippen molar-refractivity contribution in [1.82, 2.24) is 0 Å². The average molecular weight is 174 g/mol. The summed E-state index contributed by atoms with van der Waals surface area (Å²) in [4.78, 5) is -0.162. The molecule has 0 saturated heterocycles. The molecule has 0 spiro atoms. The highest BCUT2D eigenvalue weighted by Gasteiger charge is 2.06. The minimum atomic E-state index is -2.23. The van der Waals surface area contributed by atoms with Crippen molar-refractivity contribution in [3.63, 3.8) is 0 Å². The second-order valence-corrected chi connectivity index (χ2v) is 3.12. The van der Waals surface area contributed by atoms with Crippen LogP contribution in [0.2, 0.25) is 0 Å². The van der Waals surface area contributed by atoms with Crippen LogP contribution in [0.25, 0.3) is 0 Å². The molecule has 1 atom stereocenters. The normalized spacial score (nSPS) is 13.0. The lowest BCUT2D eigenvalue weighted by Crippen LogP contribution is -1.93. The van der Waals surface area contributed by atoms with Crippen molar-refractivity contribution in [1.29, 1.82) is 0 Å². The number of aryl methyl sites for hydroxylation is 1. The zero-order chi connectivity index (χ0) is 8.43. The van der Waals surface area contributed by atoms with Crippen molar-refractivity contribution in [2.24, 2.45) is 0 Å². The summed E-state index contributed by atoms with van der Waals surface area (Å²) in [6.45, 7) is 1.73. The van der Waals surface area contributed by atoms with Gasteiger partial charge in [0.15, 0.2) is 11.1 Å². The first kappa shape index (κ1) is 8.36. The molecule has 0 saturated carbocycles. The fraction of sp³-hybridized carbons (Fsp3) is 0.143. The van der Waals surface area contributed by atoms with E-state index in [9.17, 15) is 8.60 Å². The largest absolute Gasteiger partial charge is 0.302 e. The lowest BCUT2D eigenvalue weighted by atomic mass is 10.2. The molecule has 1 aromatic rings. The van der Waals surface area contributed by atoms with Crippen molar-refractivity contribution in [2.75, 3.05) is 0 Å². The maximum absolute atomic E-state index is 12.7. The lowest BCUT2D eigenvalue weighted by Gasteiger charge is -1.97. The van der Waals surface area contributed by atoms with E-state index < -0.39 is 16.9 Å². The van der Waals surface area contributed by atoms with Gasteiger partial charge in [0.05, 0.1) is 0 Å². The van der Waals surface area contributed by atoms with E-state index >= 15 is 0 Å². The number of halogens is 1. The molecule has 0 amide bonds. The zero-order valence-corrected chi connectivity index (χ0v) is 6.69. The minimum absolute atomic E-state index is 0.162. The van der Waals surface area contributed by atoms with Gasteiger partial charge in [-0.3, -0.25) is 0 Å². The van der Waals surface area contributed by atoms with Crippen LogP contribution in [0.5, 0.6) is 0 Å². The molecule has 1 N–H and O–H groups in total. The lowest BCUT2D eigenvalue weighted by molar-refractivity contribution is 0.544. The monoisotopic (exact) mass is 174 g/mol. The summed E-state index contributed by atoms with van der Waals surface area (Å²) in [5.74, 6) is -0.642. The average Bonchev–Trinajstić information content (AvgIpc) is 1.94. The molecule has 0 aliphatic heterocycles. The van der Waals surface area contributed by atoms with Gasteiger partial charge in [0.1, 0.15) is 10.7 Å². The summed E-state index contributed by atoms with van der Waals surface area (Å²) in [6.07, 6.45) is 0. The van der Waals surface area contributed by atoms with Crippen molar-refractivity contribution < 1.29 is 13.2 Å². The van der Waals surface area contributed by atoms with Crippen LogP contribution in [0.4, 0.5) is 4.39 Å². The molecule has 1 unspecified atom stereocenters. The highest BCUT2D eigenvalue weighted by molar-refractivity contribution is 7.79. The van der Waals surface area contributed by atoms with Gasteiger partial charge in [0.25, 0.3) is 0 Å². The summed E-state index contributed by atoms with van der Waals surface area (Å²) in [7, 11) is 0. The Bertz CT molecular complexity index is 298. The molecule has 0 aliphatic rings. The van der Waals surface area contributed by atoms with Crippen LogP contribution >= 0.6 is 0 Å². The van der Waals surface area contributed by atoms with Gasteiger partial charge in [-0.15, -0.1) is 0 Å². The van der Waals surface area contributed by atoms with E-state index in [1.807, 2.05) is 0 Å². The van der Waals surface area contributed by atoms with Crippen molar-refractivity contribution in [2.45, 2.75) is 11.8 Å². The smallest absolute Gasteiger partial charge is 0.189 e. The van der Waals surface area contributed by atoms with Crippen LogP contribution in [-0.2, 0) is 11.1 Å². The van der Waals surface area contributed by atoms with E-state index in [1.165, 1.54) is 12.1 Å². The van der Waals surface area contributed by atoms with Gasteiger partial charge in [0.2, 0.25) is 0 Å². The molecule has 0 aliphatic carbocycles. The fourth-order valence-electron chi connectivity index (χ4n) is 0.744. The van der Waals surface area contributed by atoms with Gasteiger partial charge in [-0.05, 0) is 24.6 Å². The molecule has 1 aromatic carbocycles.